The lowest BCUT2D eigenvalue weighted by atomic mass is 10.1. The van der Waals surface area contributed by atoms with Crippen LogP contribution in [0.4, 0.5) is 0 Å². The average molecular weight is 416 g/mol. The largest absolute Gasteiger partial charge is 0.480 e. The van der Waals surface area contributed by atoms with Crippen molar-refractivity contribution >= 4 is 54.6 Å². The number of benzene rings is 1. The van der Waals surface area contributed by atoms with Crippen molar-refractivity contribution in [2.75, 3.05) is 0 Å². The minimum atomic E-state index is -1.09. The third-order valence-electron chi connectivity index (χ3n) is 2.97. The van der Waals surface area contributed by atoms with E-state index in [9.17, 15) is 9.59 Å². The average Bonchev–Trinajstić information content (AvgIpc) is 2.81. The number of halogens is 2. The zero-order chi connectivity index (χ0) is 15.6. The van der Waals surface area contributed by atoms with Gasteiger partial charge in [-0.05, 0) is 50.4 Å². The molecule has 0 aliphatic carbocycles. The van der Waals surface area contributed by atoms with Gasteiger partial charge in [0, 0.05) is 26.0 Å². The summed E-state index contributed by atoms with van der Waals surface area (Å²) in [5.74, 6) is -1.53. The summed E-state index contributed by atoms with van der Waals surface area (Å²) < 4.78 is 1.67. The van der Waals surface area contributed by atoms with Crippen LogP contribution in [-0.2, 0) is 4.79 Å². The zero-order valence-electron chi connectivity index (χ0n) is 10.8. The molecule has 21 heavy (non-hydrogen) atoms. The van der Waals surface area contributed by atoms with E-state index in [-0.39, 0.29) is 6.42 Å². The van der Waals surface area contributed by atoms with E-state index in [1.165, 1.54) is 6.08 Å². The minimum absolute atomic E-state index is 0.165. The summed E-state index contributed by atoms with van der Waals surface area (Å²) in [5, 5.41) is 12.3. The number of aliphatic carboxylic acids is 1. The molecule has 1 aromatic carbocycles. The van der Waals surface area contributed by atoms with Crippen molar-refractivity contribution in [3.8, 4) is 0 Å². The first kappa shape index (κ1) is 15.8. The molecule has 7 heteroatoms. The highest BCUT2D eigenvalue weighted by Gasteiger charge is 2.21. The molecular formula is C14H12Br2N2O3. The summed E-state index contributed by atoms with van der Waals surface area (Å²) in [6, 6.07) is 2.65. The molecule has 0 saturated heterocycles. The van der Waals surface area contributed by atoms with E-state index in [1.807, 2.05) is 6.07 Å². The highest BCUT2D eigenvalue weighted by molar-refractivity contribution is 9.13. The van der Waals surface area contributed by atoms with Crippen LogP contribution in [0.25, 0.3) is 10.9 Å². The van der Waals surface area contributed by atoms with Crippen LogP contribution in [0.3, 0.4) is 0 Å². The van der Waals surface area contributed by atoms with Gasteiger partial charge in [-0.25, -0.2) is 4.79 Å². The molecule has 1 atom stereocenters. The van der Waals surface area contributed by atoms with Crippen molar-refractivity contribution in [2.45, 2.75) is 12.5 Å². The Balaban J connectivity index is 2.33. The molecule has 0 aliphatic heterocycles. The number of aromatic amines is 1. The Morgan fingerprint density at radius 3 is 2.67 bits per heavy atom. The second kappa shape index (κ2) is 6.44. The smallest absolute Gasteiger partial charge is 0.326 e. The summed E-state index contributed by atoms with van der Waals surface area (Å²) in [6.07, 6.45) is 3.19. The standard InChI is InChI=1S/C14H12Br2N2O3/c1-2-3-11(14(20)21)18-13(19)8-6-17-12-5-10(16)9(15)4-7(8)12/h2,4-6,11,17H,1,3H2,(H,18,19)(H,20,21). The Bertz CT molecular complexity index is 724. The van der Waals surface area contributed by atoms with Crippen LogP contribution in [-0.4, -0.2) is 28.0 Å². The number of carbonyl (C=O) groups excluding carboxylic acids is 1. The van der Waals surface area contributed by atoms with E-state index in [0.29, 0.717) is 10.9 Å². The minimum Gasteiger partial charge on any atom is -0.480 e. The Morgan fingerprint density at radius 1 is 1.38 bits per heavy atom. The summed E-state index contributed by atoms with van der Waals surface area (Å²) in [7, 11) is 0. The second-order valence-electron chi connectivity index (χ2n) is 4.40. The maximum atomic E-state index is 12.2. The number of nitrogens with one attached hydrogen (secondary N) is 2. The van der Waals surface area contributed by atoms with Crippen molar-refractivity contribution < 1.29 is 14.7 Å². The molecule has 0 aliphatic rings. The van der Waals surface area contributed by atoms with Crippen LogP contribution in [0.2, 0.25) is 0 Å². The predicted octanol–water partition coefficient (Wildman–Crippen LogP) is 3.45. The Hall–Kier alpha value is -1.60. The first-order valence-electron chi connectivity index (χ1n) is 6.04. The van der Waals surface area contributed by atoms with Crippen LogP contribution < -0.4 is 5.32 Å². The molecule has 0 radical (unpaired) electrons. The molecule has 2 aromatic rings. The number of carbonyl (C=O) groups is 2. The Morgan fingerprint density at radius 2 is 2.05 bits per heavy atom. The highest BCUT2D eigenvalue weighted by atomic mass is 79.9. The van der Waals surface area contributed by atoms with E-state index in [4.69, 9.17) is 5.11 Å². The van der Waals surface area contributed by atoms with Gasteiger partial charge in [0.05, 0.1) is 5.56 Å². The van der Waals surface area contributed by atoms with Gasteiger partial charge in [0.2, 0.25) is 0 Å². The maximum absolute atomic E-state index is 12.2. The SMILES string of the molecule is C=CCC(NC(=O)c1c[nH]c2cc(Br)c(Br)cc12)C(=O)O. The number of H-pyrrole nitrogens is 1. The topological polar surface area (TPSA) is 82.2 Å². The van der Waals surface area contributed by atoms with Crippen molar-refractivity contribution in [1.82, 2.24) is 10.3 Å². The Labute approximate surface area is 137 Å². The Kier molecular flexibility index (Phi) is 4.84. The third kappa shape index (κ3) is 3.36. The monoisotopic (exact) mass is 414 g/mol. The summed E-state index contributed by atoms with van der Waals surface area (Å²) in [5.41, 5.74) is 1.18. The number of fused-ring (bicyclic) bond motifs is 1. The molecule has 0 spiro atoms. The quantitative estimate of drug-likeness (QED) is 0.654. The lowest BCUT2D eigenvalue weighted by Gasteiger charge is -2.12. The molecule has 1 unspecified atom stereocenters. The number of aromatic nitrogens is 1. The number of hydrogen-bond donors (Lipinski definition) is 3. The first-order chi connectivity index (χ1) is 9.93. The molecule has 3 N–H and O–H groups in total. The molecule has 110 valence electrons. The third-order valence-corrected chi connectivity index (χ3v) is 4.82. The molecule has 0 saturated carbocycles. The van der Waals surface area contributed by atoms with Crippen molar-refractivity contribution in [2.24, 2.45) is 0 Å². The van der Waals surface area contributed by atoms with Crippen molar-refractivity contribution in [3.05, 3.63) is 45.5 Å². The molecule has 5 nitrogen and oxygen atoms in total. The van der Waals surface area contributed by atoms with Crippen LogP contribution >= 0.6 is 31.9 Å². The van der Waals surface area contributed by atoms with Gasteiger partial charge in [-0.2, -0.15) is 0 Å². The van der Waals surface area contributed by atoms with E-state index >= 15 is 0 Å². The van der Waals surface area contributed by atoms with Crippen LogP contribution in [0.15, 0.2) is 39.9 Å². The zero-order valence-corrected chi connectivity index (χ0v) is 14.0. The first-order valence-corrected chi connectivity index (χ1v) is 7.63. The van der Waals surface area contributed by atoms with Gasteiger partial charge in [0.15, 0.2) is 0 Å². The predicted molar refractivity (Wildman–Crippen MR) is 87.4 cm³/mol. The van der Waals surface area contributed by atoms with Crippen molar-refractivity contribution in [1.29, 1.82) is 0 Å². The van der Waals surface area contributed by atoms with E-state index < -0.39 is 17.9 Å². The number of carboxylic acid groups (broad SMARTS) is 1. The summed E-state index contributed by atoms with van der Waals surface area (Å²) in [6.45, 7) is 3.49. The fourth-order valence-corrected chi connectivity index (χ4v) is 2.62. The maximum Gasteiger partial charge on any atom is 0.326 e. The van der Waals surface area contributed by atoms with Gasteiger partial charge in [-0.3, -0.25) is 4.79 Å². The number of carboxylic acids is 1. The molecule has 1 heterocycles. The molecule has 1 aromatic heterocycles. The summed E-state index contributed by atoms with van der Waals surface area (Å²) >= 11 is 6.77. The summed E-state index contributed by atoms with van der Waals surface area (Å²) in [4.78, 5) is 26.3. The number of hydrogen-bond acceptors (Lipinski definition) is 2. The molecular weight excluding hydrogens is 404 g/mol. The van der Waals surface area contributed by atoms with Crippen LogP contribution in [0.5, 0.6) is 0 Å². The molecule has 0 bridgehead atoms. The van der Waals surface area contributed by atoms with E-state index in [2.05, 4.69) is 48.7 Å². The van der Waals surface area contributed by atoms with Gasteiger partial charge in [0.25, 0.3) is 5.91 Å². The van der Waals surface area contributed by atoms with E-state index in [0.717, 1.165) is 14.5 Å². The van der Waals surface area contributed by atoms with Gasteiger partial charge >= 0.3 is 5.97 Å². The lowest BCUT2D eigenvalue weighted by molar-refractivity contribution is -0.139. The highest BCUT2D eigenvalue weighted by Crippen LogP contribution is 2.30. The van der Waals surface area contributed by atoms with Gasteiger partial charge in [0.1, 0.15) is 6.04 Å². The van der Waals surface area contributed by atoms with E-state index in [1.54, 1.807) is 12.3 Å². The lowest BCUT2D eigenvalue weighted by Crippen LogP contribution is -2.40. The van der Waals surface area contributed by atoms with Gasteiger partial charge < -0.3 is 15.4 Å². The molecule has 2 rings (SSSR count). The fourth-order valence-electron chi connectivity index (χ4n) is 1.93. The normalized spacial score (nSPS) is 12.1. The van der Waals surface area contributed by atoms with Crippen molar-refractivity contribution in [3.63, 3.8) is 0 Å². The number of rotatable bonds is 5. The van der Waals surface area contributed by atoms with Crippen LogP contribution in [0.1, 0.15) is 16.8 Å². The second-order valence-corrected chi connectivity index (χ2v) is 6.11. The van der Waals surface area contributed by atoms with Gasteiger partial charge in [-0.1, -0.05) is 6.08 Å². The van der Waals surface area contributed by atoms with Crippen LogP contribution in [0, 0.1) is 0 Å². The molecule has 1 amide bonds. The fraction of sp³-hybridized carbons (Fsp3) is 0.143. The molecule has 0 fully saturated rings. The van der Waals surface area contributed by atoms with Gasteiger partial charge in [-0.15, -0.1) is 6.58 Å². The number of amides is 1.